The van der Waals surface area contributed by atoms with Gasteiger partial charge in [-0.2, -0.15) is 0 Å². The number of anilines is 1. The quantitative estimate of drug-likeness (QED) is 0.565. The van der Waals surface area contributed by atoms with E-state index < -0.39 is 0 Å². The fourth-order valence-electron chi connectivity index (χ4n) is 4.15. The first kappa shape index (κ1) is 18.5. The molecule has 30 heavy (non-hydrogen) atoms. The third-order valence-corrected chi connectivity index (χ3v) is 5.76. The number of nitrogens with one attached hydrogen (secondary N) is 1. The van der Waals surface area contributed by atoms with Gasteiger partial charge in [0.1, 0.15) is 11.8 Å². The van der Waals surface area contributed by atoms with Crippen molar-refractivity contribution in [2.24, 2.45) is 5.92 Å². The summed E-state index contributed by atoms with van der Waals surface area (Å²) in [6.07, 6.45) is 8.72. The molecule has 4 aromatic heterocycles. The summed E-state index contributed by atoms with van der Waals surface area (Å²) in [6.45, 7) is 4.54. The molecule has 1 saturated heterocycles. The van der Waals surface area contributed by atoms with Crippen molar-refractivity contribution in [2.45, 2.75) is 26.3 Å². The number of aromatic amines is 1. The predicted molar refractivity (Wildman–Crippen MR) is 115 cm³/mol. The van der Waals surface area contributed by atoms with Crippen molar-refractivity contribution in [1.82, 2.24) is 29.5 Å². The van der Waals surface area contributed by atoms with E-state index >= 15 is 0 Å². The van der Waals surface area contributed by atoms with Crippen molar-refractivity contribution in [3.8, 4) is 11.3 Å². The van der Waals surface area contributed by atoms with E-state index in [1.165, 1.54) is 0 Å². The van der Waals surface area contributed by atoms with E-state index in [0.717, 1.165) is 54.0 Å². The van der Waals surface area contributed by atoms with E-state index in [0.29, 0.717) is 18.2 Å². The van der Waals surface area contributed by atoms with Crippen LogP contribution >= 0.6 is 0 Å². The van der Waals surface area contributed by atoms with Crippen LogP contribution in [0.3, 0.4) is 0 Å². The first-order chi connectivity index (χ1) is 14.7. The second-order valence-electron chi connectivity index (χ2n) is 7.84. The molecule has 1 N–H and O–H groups in total. The van der Waals surface area contributed by atoms with Gasteiger partial charge in [0.05, 0.1) is 17.5 Å². The lowest BCUT2D eigenvalue weighted by Gasteiger charge is -2.33. The predicted octanol–water partition coefficient (Wildman–Crippen LogP) is 2.80. The summed E-state index contributed by atoms with van der Waals surface area (Å²) in [5.74, 6) is 1.40. The van der Waals surface area contributed by atoms with Crippen molar-refractivity contribution >= 4 is 16.9 Å². The highest BCUT2D eigenvalue weighted by atomic mass is 16.1. The number of rotatable bonds is 4. The molecule has 0 bridgehead atoms. The Morgan fingerprint density at radius 1 is 1.10 bits per heavy atom. The lowest BCUT2D eigenvalue weighted by Crippen LogP contribution is -2.37. The molecule has 4 aromatic rings. The van der Waals surface area contributed by atoms with Gasteiger partial charge in [0, 0.05) is 49.4 Å². The van der Waals surface area contributed by atoms with Crippen LogP contribution in [-0.4, -0.2) is 42.6 Å². The summed E-state index contributed by atoms with van der Waals surface area (Å²) in [5, 5.41) is 0. The highest BCUT2D eigenvalue weighted by molar-refractivity contribution is 5.86. The molecule has 0 amide bonds. The molecule has 5 rings (SSSR count). The van der Waals surface area contributed by atoms with Gasteiger partial charge in [-0.25, -0.2) is 15.0 Å². The SMILES string of the molecule is Cc1cc2ncnc(N3CCC(Cn4cnc(-c5ccncc5)cc4=O)CC3)c2[nH]1. The van der Waals surface area contributed by atoms with E-state index in [2.05, 4.69) is 29.8 Å². The molecule has 5 heterocycles. The Balaban J connectivity index is 1.27. The second kappa shape index (κ2) is 7.70. The van der Waals surface area contributed by atoms with Crippen LogP contribution in [-0.2, 0) is 6.54 Å². The number of aryl methyl sites for hydroxylation is 1. The largest absolute Gasteiger partial charge is 0.355 e. The molecule has 0 spiro atoms. The van der Waals surface area contributed by atoms with Gasteiger partial charge in [-0.15, -0.1) is 0 Å². The summed E-state index contributed by atoms with van der Waals surface area (Å²) in [5.41, 5.74) is 4.61. The number of nitrogens with zero attached hydrogens (tertiary/aromatic N) is 6. The average molecular weight is 401 g/mol. The number of hydrogen-bond donors (Lipinski definition) is 1. The fraction of sp³-hybridized carbons (Fsp3) is 0.318. The normalized spacial score (nSPS) is 15.0. The first-order valence-corrected chi connectivity index (χ1v) is 10.2. The first-order valence-electron chi connectivity index (χ1n) is 10.2. The monoisotopic (exact) mass is 401 g/mol. The van der Waals surface area contributed by atoms with Crippen molar-refractivity contribution in [3.63, 3.8) is 0 Å². The van der Waals surface area contributed by atoms with Crippen LogP contribution in [0.25, 0.3) is 22.3 Å². The summed E-state index contributed by atoms with van der Waals surface area (Å²) in [4.78, 5) is 35.6. The number of aromatic nitrogens is 6. The number of piperidine rings is 1. The Bertz CT molecular complexity index is 1220. The molecule has 152 valence electrons. The number of pyridine rings is 1. The second-order valence-corrected chi connectivity index (χ2v) is 7.84. The summed E-state index contributed by atoms with van der Waals surface area (Å²) in [6, 6.07) is 7.37. The van der Waals surface area contributed by atoms with Crippen LogP contribution in [0.2, 0.25) is 0 Å². The number of fused-ring (bicyclic) bond motifs is 1. The zero-order chi connectivity index (χ0) is 20.5. The minimum atomic E-state index is -0.0152. The highest BCUT2D eigenvalue weighted by Crippen LogP contribution is 2.27. The zero-order valence-corrected chi connectivity index (χ0v) is 16.8. The van der Waals surface area contributed by atoms with Crippen molar-refractivity contribution in [3.05, 3.63) is 65.4 Å². The molecule has 0 saturated carbocycles. The third-order valence-electron chi connectivity index (χ3n) is 5.76. The van der Waals surface area contributed by atoms with Crippen LogP contribution in [0.15, 0.2) is 54.1 Å². The van der Waals surface area contributed by atoms with Crippen molar-refractivity contribution in [2.75, 3.05) is 18.0 Å². The van der Waals surface area contributed by atoms with E-state index in [1.54, 1.807) is 35.7 Å². The molecular formula is C22H23N7O. The third kappa shape index (κ3) is 3.56. The van der Waals surface area contributed by atoms with Crippen LogP contribution in [0.1, 0.15) is 18.5 Å². The van der Waals surface area contributed by atoms with Gasteiger partial charge in [-0.05, 0) is 43.9 Å². The van der Waals surface area contributed by atoms with Crippen LogP contribution < -0.4 is 10.5 Å². The maximum atomic E-state index is 12.6. The molecule has 0 unspecified atom stereocenters. The lowest BCUT2D eigenvalue weighted by atomic mass is 9.96. The van der Waals surface area contributed by atoms with E-state index in [1.807, 2.05) is 25.1 Å². The molecule has 1 aliphatic rings. The topological polar surface area (TPSA) is 92.6 Å². The smallest absolute Gasteiger partial charge is 0.253 e. The minimum Gasteiger partial charge on any atom is -0.355 e. The Morgan fingerprint density at radius 3 is 2.67 bits per heavy atom. The molecule has 0 aliphatic carbocycles. The Labute approximate surface area is 173 Å². The van der Waals surface area contributed by atoms with Crippen molar-refractivity contribution < 1.29 is 0 Å². The van der Waals surface area contributed by atoms with Gasteiger partial charge in [0.2, 0.25) is 0 Å². The van der Waals surface area contributed by atoms with Gasteiger partial charge in [-0.3, -0.25) is 14.3 Å². The van der Waals surface area contributed by atoms with Gasteiger partial charge >= 0.3 is 0 Å². The fourth-order valence-corrected chi connectivity index (χ4v) is 4.15. The summed E-state index contributed by atoms with van der Waals surface area (Å²) >= 11 is 0. The molecule has 0 atom stereocenters. The summed E-state index contributed by atoms with van der Waals surface area (Å²) < 4.78 is 1.72. The number of hydrogen-bond acceptors (Lipinski definition) is 6. The van der Waals surface area contributed by atoms with Crippen LogP contribution in [0.5, 0.6) is 0 Å². The molecule has 0 aromatic carbocycles. The van der Waals surface area contributed by atoms with E-state index in [4.69, 9.17) is 0 Å². The average Bonchev–Trinajstić information content (AvgIpc) is 3.16. The molecule has 1 aliphatic heterocycles. The van der Waals surface area contributed by atoms with Gasteiger partial charge in [0.25, 0.3) is 5.56 Å². The van der Waals surface area contributed by atoms with E-state index in [-0.39, 0.29) is 5.56 Å². The maximum Gasteiger partial charge on any atom is 0.253 e. The maximum absolute atomic E-state index is 12.6. The number of H-pyrrole nitrogens is 1. The van der Waals surface area contributed by atoms with Gasteiger partial charge < -0.3 is 9.88 Å². The summed E-state index contributed by atoms with van der Waals surface area (Å²) in [7, 11) is 0. The molecular weight excluding hydrogens is 378 g/mol. The standard InChI is InChI=1S/C22H23N7O/c1-15-10-19-21(27-15)22(25-13-24-19)28-8-4-16(5-9-28)12-29-14-26-18(11-20(29)30)17-2-6-23-7-3-17/h2-3,6-7,10-11,13-14,16,27H,4-5,8-9,12H2,1H3. The highest BCUT2D eigenvalue weighted by Gasteiger charge is 2.23. The van der Waals surface area contributed by atoms with Crippen LogP contribution in [0, 0.1) is 12.8 Å². The van der Waals surface area contributed by atoms with Crippen LogP contribution in [0.4, 0.5) is 5.82 Å². The Hall–Kier alpha value is -3.55. The molecule has 8 nitrogen and oxygen atoms in total. The molecule has 1 fully saturated rings. The minimum absolute atomic E-state index is 0.0152. The molecule has 8 heteroatoms. The van der Waals surface area contributed by atoms with Crippen molar-refractivity contribution in [1.29, 1.82) is 0 Å². The zero-order valence-electron chi connectivity index (χ0n) is 16.8. The van der Waals surface area contributed by atoms with Gasteiger partial charge in [0.15, 0.2) is 5.82 Å². The van der Waals surface area contributed by atoms with Gasteiger partial charge in [-0.1, -0.05) is 0 Å². The molecule has 0 radical (unpaired) electrons. The van der Waals surface area contributed by atoms with E-state index in [9.17, 15) is 4.79 Å². The Kier molecular flexibility index (Phi) is 4.74. The lowest BCUT2D eigenvalue weighted by molar-refractivity contribution is 0.350. The Morgan fingerprint density at radius 2 is 1.90 bits per heavy atom.